The summed E-state index contributed by atoms with van der Waals surface area (Å²) in [6, 6.07) is 7.58. The Bertz CT molecular complexity index is 725. The summed E-state index contributed by atoms with van der Waals surface area (Å²) in [4.78, 5) is 13.0. The lowest BCUT2D eigenvalue weighted by Gasteiger charge is -2.01. The summed E-state index contributed by atoms with van der Waals surface area (Å²) in [6.45, 7) is 1.85. The molecule has 3 aromatic heterocycles. The molecule has 0 bridgehead atoms. The molecule has 1 N–H and O–H groups in total. The Morgan fingerprint density at radius 2 is 2.16 bits per heavy atom. The number of nitrogens with zero attached hydrogens (tertiary/aromatic N) is 4. The van der Waals surface area contributed by atoms with E-state index in [0.717, 1.165) is 22.1 Å². The second kappa shape index (κ2) is 4.99. The van der Waals surface area contributed by atoms with E-state index in [9.17, 15) is 5.11 Å². The van der Waals surface area contributed by atoms with Gasteiger partial charge in [-0.2, -0.15) is 0 Å². The largest absolute Gasteiger partial charge is 0.390 e. The molecule has 3 rings (SSSR count). The topological polar surface area (TPSA) is 63.3 Å². The number of aliphatic hydroxyl groups excluding tert-OH is 1. The van der Waals surface area contributed by atoms with Crippen LogP contribution in [0.3, 0.4) is 0 Å². The van der Waals surface area contributed by atoms with E-state index in [1.807, 2.05) is 41.8 Å². The highest BCUT2D eigenvalue weighted by Crippen LogP contribution is 2.28. The molecule has 0 unspecified atom stereocenters. The van der Waals surface area contributed by atoms with E-state index >= 15 is 0 Å². The van der Waals surface area contributed by atoms with E-state index in [-0.39, 0.29) is 6.61 Å². The first-order valence-electron chi connectivity index (χ1n) is 5.82. The van der Waals surface area contributed by atoms with Crippen molar-refractivity contribution in [3.63, 3.8) is 0 Å². The first kappa shape index (κ1) is 12.1. The number of rotatable bonds is 3. The fraction of sp³-hybridized carbons (Fsp3) is 0.154. The van der Waals surface area contributed by atoms with Crippen LogP contribution in [0.5, 0.6) is 0 Å². The van der Waals surface area contributed by atoms with Gasteiger partial charge >= 0.3 is 0 Å². The van der Waals surface area contributed by atoms with Gasteiger partial charge < -0.3 is 9.51 Å². The third-order valence-electron chi connectivity index (χ3n) is 2.70. The third-order valence-corrected chi connectivity index (χ3v) is 3.60. The first-order chi connectivity index (χ1) is 9.28. The third kappa shape index (κ3) is 2.32. The van der Waals surface area contributed by atoms with E-state index in [1.165, 1.54) is 11.8 Å². The molecule has 6 heteroatoms. The average molecular weight is 272 g/mol. The molecule has 0 aliphatic carbocycles. The van der Waals surface area contributed by atoms with Gasteiger partial charge in [-0.15, -0.1) is 0 Å². The average Bonchev–Trinajstić information content (AvgIpc) is 2.75. The Morgan fingerprint density at radius 1 is 1.26 bits per heavy atom. The highest BCUT2D eigenvalue weighted by molar-refractivity contribution is 7.99. The molecule has 0 amide bonds. The van der Waals surface area contributed by atoms with Gasteiger partial charge in [0.1, 0.15) is 10.7 Å². The minimum Gasteiger partial charge on any atom is -0.390 e. The quantitative estimate of drug-likeness (QED) is 0.740. The molecule has 5 nitrogen and oxygen atoms in total. The summed E-state index contributed by atoms with van der Waals surface area (Å²) in [5.74, 6) is 0. The van der Waals surface area contributed by atoms with Gasteiger partial charge in [-0.05, 0) is 36.9 Å². The van der Waals surface area contributed by atoms with Gasteiger partial charge in [-0.3, -0.25) is 0 Å². The maximum absolute atomic E-state index is 9.52. The summed E-state index contributed by atoms with van der Waals surface area (Å²) in [6.07, 6.45) is 3.61. The molecule has 0 saturated heterocycles. The van der Waals surface area contributed by atoms with Crippen LogP contribution in [-0.2, 0) is 6.61 Å². The van der Waals surface area contributed by atoms with Crippen molar-refractivity contribution in [1.82, 2.24) is 19.4 Å². The van der Waals surface area contributed by atoms with E-state index in [0.29, 0.717) is 5.16 Å². The molecule has 0 aromatic carbocycles. The minimum absolute atomic E-state index is 0.0701. The van der Waals surface area contributed by atoms with Crippen molar-refractivity contribution in [2.24, 2.45) is 0 Å². The van der Waals surface area contributed by atoms with Crippen molar-refractivity contribution < 1.29 is 5.11 Å². The van der Waals surface area contributed by atoms with Crippen molar-refractivity contribution >= 4 is 17.4 Å². The van der Waals surface area contributed by atoms with Crippen LogP contribution in [0.25, 0.3) is 5.65 Å². The SMILES string of the molecule is Cc1ccnc(Sc2nc3ccccn3c2CO)n1. The summed E-state index contributed by atoms with van der Waals surface area (Å²) in [7, 11) is 0. The van der Waals surface area contributed by atoms with Crippen LogP contribution in [0, 0.1) is 6.92 Å². The normalized spacial score (nSPS) is 11.1. The molecule has 0 saturated carbocycles. The number of pyridine rings is 1. The molecule has 0 atom stereocenters. The van der Waals surface area contributed by atoms with Gasteiger partial charge in [-0.25, -0.2) is 15.0 Å². The highest BCUT2D eigenvalue weighted by atomic mass is 32.2. The maximum atomic E-state index is 9.52. The van der Waals surface area contributed by atoms with Crippen LogP contribution >= 0.6 is 11.8 Å². The van der Waals surface area contributed by atoms with Crippen LogP contribution in [0.15, 0.2) is 46.8 Å². The standard InChI is InChI=1S/C13H12N4OS/c1-9-5-6-14-13(15-9)19-12-10(8-18)17-7-3-2-4-11(17)16-12/h2-7,18H,8H2,1H3. The van der Waals surface area contributed by atoms with E-state index in [4.69, 9.17) is 0 Å². The molecule has 0 aliphatic rings. The van der Waals surface area contributed by atoms with Crippen molar-refractivity contribution in [2.75, 3.05) is 0 Å². The van der Waals surface area contributed by atoms with E-state index < -0.39 is 0 Å². The Labute approximate surface area is 114 Å². The van der Waals surface area contributed by atoms with Gasteiger partial charge in [0, 0.05) is 18.1 Å². The summed E-state index contributed by atoms with van der Waals surface area (Å²) in [5, 5.41) is 10.9. The number of aliphatic hydroxyl groups is 1. The second-order valence-corrected chi connectivity index (χ2v) is 4.99. The number of hydrogen-bond donors (Lipinski definition) is 1. The number of fused-ring (bicyclic) bond motifs is 1. The number of imidazole rings is 1. The van der Waals surface area contributed by atoms with Gasteiger partial charge in [0.25, 0.3) is 0 Å². The molecule has 0 spiro atoms. The summed E-state index contributed by atoms with van der Waals surface area (Å²) < 4.78 is 1.87. The Kier molecular flexibility index (Phi) is 3.18. The lowest BCUT2D eigenvalue weighted by molar-refractivity contribution is 0.272. The van der Waals surface area contributed by atoms with E-state index in [2.05, 4.69) is 15.0 Å². The van der Waals surface area contributed by atoms with Crippen molar-refractivity contribution in [2.45, 2.75) is 23.7 Å². The smallest absolute Gasteiger partial charge is 0.194 e. The molecular weight excluding hydrogens is 260 g/mol. The zero-order valence-corrected chi connectivity index (χ0v) is 11.1. The lowest BCUT2D eigenvalue weighted by Crippen LogP contribution is -1.94. The van der Waals surface area contributed by atoms with Crippen LogP contribution < -0.4 is 0 Å². The predicted octanol–water partition coefficient (Wildman–Crippen LogP) is 2.08. The van der Waals surface area contributed by atoms with E-state index in [1.54, 1.807) is 6.20 Å². The van der Waals surface area contributed by atoms with Gasteiger partial charge in [0.15, 0.2) is 5.16 Å². The van der Waals surface area contributed by atoms with Crippen LogP contribution in [-0.4, -0.2) is 24.5 Å². The molecule has 0 fully saturated rings. The zero-order valence-electron chi connectivity index (χ0n) is 10.3. The molecule has 3 heterocycles. The molecule has 96 valence electrons. The number of aromatic nitrogens is 4. The van der Waals surface area contributed by atoms with Gasteiger partial charge in [0.2, 0.25) is 0 Å². The second-order valence-electron chi connectivity index (χ2n) is 4.03. The Morgan fingerprint density at radius 3 is 2.95 bits per heavy atom. The van der Waals surface area contributed by atoms with Crippen LogP contribution in [0.2, 0.25) is 0 Å². The molecule has 3 aromatic rings. The maximum Gasteiger partial charge on any atom is 0.194 e. The fourth-order valence-electron chi connectivity index (χ4n) is 1.81. The molecular formula is C13H12N4OS. The van der Waals surface area contributed by atoms with Gasteiger partial charge in [-0.1, -0.05) is 6.07 Å². The predicted molar refractivity (Wildman–Crippen MR) is 72.0 cm³/mol. The lowest BCUT2D eigenvalue weighted by atomic mass is 10.4. The van der Waals surface area contributed by atoms with Crippen LogP contribution in [0.1, 0.15) is 11.4 Å². The number of hydrogen-bond acceptors (Lipinski definition) is 5. The van der Waals surface area contributed by atoms with Crippen molar-refractivity contribution in [1.29, 1.82) is 0 Å². The van der Waals surface area contributed by atoms with Gasteiger partial charge in [0.05, 0.1) is 12.3 Å². The molecule has 0 aliphatic heterocycles. The fourth-order valence-corrected chi connectivity index (χ4v) is 2.71. The number of aryl methyl sites for hydroxylation is 1. The monoisotopic (exact) mass is 272 g/mol. The molecule has 0 radical (unpaired) electrons. The zero-order chi connectivity index (χ0) is 13.2. The summed E-state index contributed by atoms with van der Waals surface area (Å²) >= 11 is 1.36. The van der Waals surface area contributed by atoms with Crippen LogP contribution in [0.4, 0.5) is 0 Å². The Hall–Kier alpha value is -1.92. The summed E-state index contributed by atoms with van der Waals surface area (Å²) in [5.41, 5.74) is 2.47. The first-order valence-corrected chi connectivity index (χ1v) is 6.64. The Balaban J connectivity index is 2.05. The van der Waals surface area contributed by atoms with Crippen molar-refractivity contribution in [3.8, 4) is 0 Å². The minimum atomic E-state index is -0.0701. The molecule has 19 heavy (non-hydrogen) atoms. The highest BCUT2D eigenvalue weighted by Gasteiger charge is 2.13. The van der Waals surface area contributed by atoms with Crippen molar-refractivity contribution in [3.05, 3.63) is 48.0 Å².